The first-order valence-corrected chi connectivity index (χ1v) is 9.36. The fourth-order valence-corrected chi connectivity index (χ4v) is 3.33. The maximum atomic E-state index is 4.72. The van der Waals surface area contributed by atoms with Crippen LogP contribution < -0.4 is 5.32 Å². The zero-order valence-corrected chi connectivity index (χ0v) is 15.6. The van der Waals surface area contributed by atoms with E-state index in [2.05, 4.69) is 34.0 Å². The zero-order valence-electron chi connectivity index (χ0n) is 15.6. The number of hydrogen-bond donors (Lipinski definition) is 1. The summed E-state index contributed by atoms with van der Waals surface area (Å²) in [5, 5.41) is 3.55. The molecule has 1 fully saturated rings. The predicted molar refractivity (Wildman–Crippen MR) is 103 cm³/mol. The minimum atomic E-state index is 0.589. The third-order valence-electron chi connectivity index (χ3n) is 4.92. The molecule has 0 amide bonds. The Kier molecular flexibility index (Phi) is 5.97. The van der Waals surface area contributed by atoms with Crippen LogP contribution in [0.3, 0.4) is 0 Å². The van der Waals surface area contributed by atoms with Crippen molar-refractivity contribution in [2.24, 2.45) is 5.92 Å². The van der Waals surface area contributed by atoms with Gasteiger partial charge >= 0.3 is 0 Å². The van der Waals surface area contributed by atoms with Crippen LogP contribution in [0.5, 0.6) is 0 Å². The van der Waals surface area contributed by atoms with Crippen LogP contribution >= 0.6 is 0 Å². The fraction of sp³-hybridized carbons (Fsp3) is 0.550. The van der Waals surface area contributed by atoms with E-state index in [4.69, 9.17) is 4.98 Å². The third kappa shape index (κ3) is 4.75. The Hall–Kier alpha value is -2.01. The van der Waals surface area contributed by atoms with Crippen molar-refractivity contribution in [3.8, 4) is 11.5 Å². The fourth-order valence-electron chi connectivity index (χ4n) is 3.33. The summed E-state index contributed by atoms with van der Waals surface area (Å²) in [6, 6.07) is 5.83. The van der Waals surface area contributed by atoms with Crippen molar-refractivity contribution in [1.82, 2.24) is 19.9 Å². The largest absolute Gasteiger partial charge is 0.369 e. The lowest BCUT2D eigenvalue weighted by molar-refractivity contribution is 0.204. The van der Waals surface area contributed by atoms with Crippen molar-refractivity contribution in [3.05, 3.63) is 35.7 Å². The first-order valence-electron chi connectivity index (χ1n) is 9.36. The maximum absolute atomic E-state index is 4.72. The summed E-state index contributed by atoms with van der Waals surface area (Å²) in [5.41, 5.74) is 2.93. The van der Waals surface area contributed by atoms with Crippen LogP contribution in [0.4, 0.5) is 5.82 Å². The Morgan fingerprint density at radius 2 is 1.92 bits per heavy atom. The van der Waals surface area contributed by atoms with E-state index in [9.17, 15) is 0 Å². The number of aromatic nitrogens is 3. The van der Waals surface area contributed by atoms with Gasteiger partial charge in [0.25, 0.3) is 0 Å². The molecule has 2 aromatic heterocycles. The van der Waals surface area contributed by atoms with Crippen LogP contribution in [0, 0.1) is 19.8 Å². The summed E-state index contributed by atoms with van der Waals surface area (Å²) in [4.78, 5) is 16.3. The summed E-state index contributed by atoms with van der Waals surface area (Å²) in [5.74, 6) is 2.21. The molecule has 0 aromatic carbocycles. The van der Waals surface area contributed by atoms with Gasteiger partial charge in [-0.15, -0.1) is 0 Å². The van der Waals surface area contributed by atoms with E-state index >= 15 is 0 Å². The lowest BCUT2D eigenvalue weighted by atomic mass is 10.1. The molecule has 2 aromatic rings. The van der Waals surface area contributed by atoms with E-state index in [1.165, 1.54) is 32.4 Å². The molecule has 1 aliphatic heterocycles. The van der Waals surface area contributed by atoms with E-state index in [1.807, 2.05) is 25.1 Å². The quantitative estimate of drug-likeness (QED) is 0.870. The first kappa shape index (κ1) is 17.8. The number of rotatable bonds is 6. The molecule has 5 heteroatoms. The highest BCUT2D eigenvalue weighted by molar-refractivity contribution is 5.56. The van der Waals surface area contributed by atoms with E-state index in [0.717, 1.165) is 35.9 Å². The molecule has 1 N–H and O–H groups in total. The Morgan fingerprint density at radius 3 is 2.64 bits per heavy atom. The molecule has 3 rings (SSSR count). The monoisotopic (exact) mass is 339 g/mol. The molecule has 0 bridgehead atoms. The lowest BCUT2D eigenvalue weighted by Crippen LogP contribution is -2.35. The third-order valence-corrected chi connectivity index (χ3v) is 4.92. The summed E-state index contributed by atoms with van der Waals surface area (Å²) in [6.07, 6.45) is 5.86. The molecule has 5 nitrogen and oxygen atoms in total. The van der Waals surface area contributed by atoms with Crippen LogP contribution in [0.2, 0.25) is 0 Å². The van der Waals surface area contributed by atoms with Gasteiger partial charge in [-0.2, -0.15) is 0 Å². The highest BCUT2D eigenvalue weighted by atomic mass is 15.1. The van der Waals surface area contributed by atoms with E-state index in [1.54, 1.807) is 6.20 Å². The average Bonchev–Trinajstić information content (AvgIpc) is 2.64. The highest BCUT2D eigenvalue weighted by Gasteiger charge is 2.15. The van der Waals surface area contributed by atoms with Gasteiger partial charge in [0.15, 0.2) is 5.82 Å². The number of pyridine rings is 1. The second-order valence-corrected chi connectivity index (χ2v) is 7.17. The van der Waals surface area contributed by atoms with Crippen molar-refractivity contribution in [2.75, 3.05) is 31.5 Å². The molecule has 0 spiro atoms. The smallest absolute Gasteiger partial charge is 0.180 e. The molecular formula is C20H29N5. The molecule has 134 valence electrons. The average molecular weight is 339 g/mol. The van der Waals surface area contributed by atoms with Gasteiger partial charge in [0.05, 0.1) is 0 Å². The summed E-state index contributed by atoms with van der Waals surface area (Å²) in [6.45, 7) is 11.0. The van der Waals surface area contributed by atoms with Crippen molar-refractivity contribution in [3.63, 3.8) is 0 Å². The topological polar surface area (TPSA) is 53.9 Å². The predicted octanol–water partition coefficient (Wildman–Crippen LogP) is 3.69. The number of nitrogens with one attached hydrogen (secondary N) is 1. The molecular weight excluding hydrogens is 310 g/mol. The minimum Gasteiger partial charge on any atom is -0.369 e. The Bertz CT molecular complexity index is 680. The van der Waals surface area contributed by atoms with Crippen molar-refractivity contribution < 1.29 is 0 Å². The van der Waals surface area contributed by atoms with Gasteiger partial charge in [-0.05, 0) is 57.8 Å². The molecule has 25 heavy (non-hydrogen) atoms. The number of likely N-dealkylation sites (tertiary alicyclic amines) is 1. The SMILES string of the molecule is Cc1nc(-c2ccccn2)nc(NCC(C)CN2CCCCC2)c1C. The summed E-state index contributed by atoms with van der Waals surface area (Å²) in [7, 11) is 0. The van der Waals surface area contributed by atoms with Crippen LogP contribution in [0.15, 0.2) is 24.4 Å². The molecule has 1 saturated heterocycles. The summed E-state index contributed by atoms with van der Waals surface area (Å²) < 4.78 is 0. The standard InChI is InChI=1S/C20H29N5/c1-15(14-25-11-7-4-8-12-25)13-22-19-16(2)17(3)23-20(24-19)18-9-5-6-10-21-18/h5-6,9-10,15H,4,7-8,11-14H2,1-3H3,(H,22,23,24). The van der Waals surface area contributed by atoms with Crippen LogP contribution in [-0.2, 0) is 0 Å². The Morgan fingerprint density at radius 1 is 1.12 bits per heavy atom. The van der Waals surface area contributed by atoms with Gasteiger partial charge in [-0.3, -0.25) is 4.98 Å². The molecule has 0 aliphatic carbocycles. The van der Waals surface area contributed by atoms with Crippen LogP contribution in [0.1, 0.15) is 37.4 Å². The summed E-state index contributed by atoms with van der Waals surface area (Å²) >= 11 is 0. The molecule has 0 radical (unpaired) electrons. The second kappa shape index (κ2) is 8.39. The van der Waals surface area contributed by atoms with Crippen molar-refractivity contribution in [2.45, 2.75) is 40.0 Å². The highest BCUT2D eigenvalue weighted by Crippen LogP contribution is 2.20. The zero-order chi connectivity index (χ0) is 17.6. The van der Waals surface area contributed by atoms with Crippen molar-refractivity contribution in [1.29, 1.82) is 0 Å². The molecule has 1 unspecified atom stereocenters. The van der Waals surface area contributed by atoms with Crippen molar-refractivity contribution >= 4 is 5.82 Å². The van der Waals surface area contributed by atoms with Crippen LogP contribution in [0.25, 0.3) is 11.5 Å². The normalized spacial score (nSPS) is 16.6. The Labute approximate surface area is 150 Å². The van der Waals surface area contributed by atoms with Gasteiger partial charge in [0.1, 0.15) is 11.5 Å². The molecule has 1 aliphatic rings. The van der Waals surface area contributed by atoms with Gasteiger partial charge in [0, 0.05) is 30.5 Å². The van der Waals surface area contributed by atoms with E-state index in [0.29, 0.717) is 11.7 Å². The molecule has 3 heterocycles. The molecule has 0 saturated carbocycles. The molecule has 1 atom stereocenters. The number of anilines is 1. The van der Waals surface area contributed by atoms with Gasteiger partial charge in [-0.1, -0.05) is 19.4 Å². The first-order chi connectivity index (χ1) is 12.1. The minimum absolute atomic E-state index is 0.589. The van der Waals surface area contributed by atoms with Crippen LogP contribution in [-0.4, -0.2) is 46.0 Å². The van der Waals surface area contributed by atoms with E-state index in [-0.39, 0.29) is 0 Å². The van der Waals surface area contributed by atoms with E-state index < -0.39 is 0 Å². The Balaban J connectivity index is 1.66. The number of piperidine rings is 1. The second-order valence-electron chi connectivity index (χ2n) is 7.17. The van der Waals surface area contributed by atoms with Gasteiger partial charge < -0.3 is 10.2 Å². The number of nitrogens with zero attached hydrogens (tertiary/aromatic N) is 4. The maximum Gasteiger partial charge on any atom is 0.180 e. The van der Waals surface area contributed by atoms with Gasteiger partial charge in [-0.25, -0.2) is 9.97 Å². The lowest BCUT2D eigenvalue weighted by Gasteiger charge is -2.29. The number of aryl methyl sites for hydroxylation is 1. The van der Waals surface area contributed by atoms with Gasteiger partial charge in [0.2, 0.25) is 0 Å². The number of hydrogen-bond acceptors (Lipinski definition) is 5.